The number of benzene rings is 2. The molecule has 0 amide bonds. The van der Waals surface area contributed by atoms with E-state index in [9.17, 15) is 9.18 Å². The molecule has 8 heteroatoms. The first kappa shape index (κ1) is 23.0. The molecule has 7 nitrogen and oxygen atoms in total. The molecule has 2 aromatic carbocycles. The highest BCUT2D eigenvalue weighted by molar-refractivity contribution is 5.95. The van der Waals surface area contributed by atoms with E-state index in [-0.39, 0.29) is 11.6 Å². The largest absolute Gasteiger partial charge is 0.493 e. The number of hydrogen-bond donors (Lipinski definition) is 0. The number of rotatable bonds is 9. The van der Waals surface area contributed by atoms with E-state index in [1.54, 1.807) is 32.4 Å². The number of ketones is 1. The summed E-state index contributed by atoms with van der Waals surface area (Å²) in [4.78, 5) is 14.1. The summed E-state index contributed by atoms with van der Waals surface area (Å²) in [5, 5.41) is 5.12. The Morgan fingerprint density at radius 3 is 2.48 bits per heavy atom. The number of nitrogens with zero attached hydrogens (tertiary/aromatic N) is 2. The summed E-state index contributed by atoms with van der Waals surface area (Å²) in [6, 6.07) is 7.94. The predicted octanol–water partition coefficient (Wildman–Crippen LogP) is 4.84. The molecule has 0 bridgehead atoms. The average molecular weight is 457 g/mol. The summed E-state index contributed by atoms with van der Waals surface area (Å²) < 4.78 is 35.5. The number of fused-ring (bicyclic) bond motifs is 1. The van der Waals surface area contributed by atoms with Crippen LogP contribution in [0.25, 0.3) is 11.0 Å². The van der Waals surface area contributed by atoms with Crippen LogP contribution < -0.4 is 14.2 Å². The molecule has 1 saturated heterocycles. The van der Waals surface area contributed by atoms with Crippen LogP contribution in [0.3, 0.4) is 0 Å². The quantitative estimate of drug-likeness (QED) is 0.337. The Balaban J connectivity index is 1.28. The van der Waals surface area contributed by atoms with E-state index < -0.39 is 0 Å². The molecule has 176 valence electrons. The molecular formula is C25H29FN2O5. The van der Waals surface area contributed by atoms with Crippen molar-refractivity contribution in [2.75, 3.05) is 40.5 Å². The number of piperidine rings is 1. The first-order valence-electron chi connectivity index (χ1n) is 11.2. The van der Waals surface area contributed by atoms with E-state index in [0.29, 0.717) is 40.9 Å². The van der Waals surface area contributed by atoms with E-state index in [4.69, 9.17) is 18.7 Å². The average Bonchev–Trinajstić information content (AvgIpc) is 3.24. The minimum Gasteiger partial charge on any atom is -0.493 e. The number of carbonyl (C=O) groups excluding carboxylic acids is 1. The number of hydrogen-bond acceptors (Lipinski definition) is 7. The van der Waals surface area contributed by atoms with E-state index in [2.05, 4.69) is 10.1 Å². The van der Waals surface area contributed by atoms with Gasteiger partial charge in [-0.05, 0) is 63.5 Å². The van der Waals surface area contributed by atoms with Crippen LogP contribution >= 0.6 is 0 Å². The molecule has 33 heavy (non-hydrogen) atoms. The van der Waals surface area contributed by atoms with Crippen LogP contribution in [-0.4, -0.2) is 56.3 Å². The van der Waals surface area contributed by atoms with Gasteiger partial charge in [0.1, 0.15) is 5.82 Å². The summed E-state index contributed by atoms with van der Waals surface area (Å²) in [6.07, 6.45) is 2.81. The molecule has 1 aliphatic rings. The molecule has 0 spiro atoms. The third-order valence-electron chi connectivity index (χ3n) is 6.17. The maximum Gasteiger partial charge on any atom is 0.203 e. The third kappa shape index (κ3) is 5.11. The molecule has 0 atom stereocenters. The zero-order valence-corrected chi connectivity index (χ0v) is 19.2. The zero-order chi connectivity index (χ0) is 23.4. The minimum atomic E-state index is -0.313. The zero-order valence-electron chi connectivity index (χ0n) is 19.2. The predicted molar refractivity (Wildman–Crippen MR) is 122 cm³/mol. The Bertz CT molecular complexity index is 1100. The highest BCUT2D eigenvalue weighted by Crippen LogP contribution is 2.39. The van der Waals surface area contributed by atoms with Crippen molar-refractivity contribution in [1.82, 2.24) is 10.1 Å². The summed E-state index contributed by atoms with van der Waals surface area (Å²) >= 11 is 0. The monoisotopic (exact) mass is 456 g/mol. The van der Waals surface area contributed by atoms with Crippen LogP contribution in [0.2, 0.25) is 0 Å². The van der Waals surface area contributed by atoms with E-state index in [1.165, 1.54) is 19.1 Å². The molecule has 4 rings (SSSR count). The van der Waals surface area contributed by atoms with Crippen LogP contribution in [0.15, 0.2) is 34.9 Å². The van der Waals surface area contributed by atoms with Gasteiger partial charge in [-0.25, -0.2) is 4.39 Å². The van der Waals surface area contributed by atoms with Crippen molar-refractivity contribution < 1.29 is 27.9 Å². The van der Waals surface area contributed by atoms with Crippen molar-refractivity contribution >= 4 is 16.8 Å². The van der Waals surface area contributed by atoms with Crippen molar-refractivity contribution in [3.63, 3.8) is 0 Å². The topological polar surface area (TPSA) is 74.0 Å². The smallest absolute Gasteiger partial charge is 0.203 e. The van der Waals surface area contributed by atoms with Gasteiger partial charge in [-0.15, -0.1) is 0 Å². The molecule has 2 heterocycles. The highest BCUT2D eigenvalue weighted by Gasteiger charge is 2.25. The maximum absolute atomic E-state index is 13.4. The first-order chi connectivity index (χ1) is 16.0. The van der Waals surface area contributed by atoms with Crippen LogP contribution in [-0.2, 0) is 0 Å². The highest BCUT2D eigenvalue weighted by atomic mass is 19.1. The summed E-state index contributed by atoms with van der Waals surface area (Å²) in [5.41, 5.74) is 1.96. The fourth-order valence-electron chi connectivity index (χ4n) is 4.34. The molecule has 1 fully saturated rings. The fourth-order valence-corrected chi connectivity index (χ4v) is 4.34. The molecule has 1 aliphatic heterocycles. The van der Waals surface area contributed by atoms with Crippen LogP contribution in [0.4, 0.5) is 4.39 Å². The number of likely N-dealkylation sites (tertiary alicyclic amines) is 1. The second-order valence-electron chi connectivity index (χ2n) is 8.29. The molecule has 3 aromatic rings. The normalized spacial score (nSPS) is 15.0. The summed E-state index contributed by atoms with van der Waals surface area (Å²) in [6.45, 7) is 4.84. The molecule has 0 unspecified atom stereocenters. The Kier molecular flexibility index (Phi) is 7.13. The van der Waals surface area contributed by atoms with Crippen LogP contribution in [0.1, 0.15) is 48.2 Å². The lowest BCUT2D eigenvalue weighted by atomic mass is 9.91. The van der Waals surface area contributed by atoms with Crippen LogP contribution in [0.5, 0.6) is 17.2 Å². The van der Waals surface area contributed by atoms with Gasteiger partial charge in [0.2, 0.25) is 5.75 Å². The fraction of sp³-hybridized carbons (Fsp3) is 0.440. The van der Waals surface area contributed by atoms with Gasteiger partial charge in [-0.1, -0.05) is 5.16 Å². The summed E-state index contributed by atoms with van der Waals surface area (Å²) in [5.74, 6) is 1.43. The van der Waals surface area contributed by atoms with E-state index >= 15 is 0 Å². The minimum absolute atomic E-state index is 0.0627. The first-order valence-corrected chi connectivity index (χ1v) is 11.2. The molecule has 0 saturated carbocycles. The molecule has 0 radical (unpaired) electrons. The Morgan fingerprint density at radius 2 is 1.85 bits per heavy atom. The van der Waals surface area contributed by atoms with Gasteiger partial charge >= 0.3 is 0 Å². The second kappa shape index (κ2) is 10.2. The molecular weight excluding hydrogens is 427 g/mol. The molecule has 1 aromatic heterocycles. The van der Waals surface area contributed by atoms with Crippen molar-refractivity contribution in [1.29, 1.82) is 0 Å². The second-order valence-corrected chi connectivity index (χ2v) is 8.29. The standard InChI is InChI=1S/C25H29FN2O5/c1-16(29)18-13-22(30-2)25(23(14-18)31-3)32-12-4-9-28-10-7-17(8-11-28)24-20-6-5-19(26)15-21(20)33-27-24/h5-6,13-15,17H,4,7-12H2,1-3H3. The van der Waals surface area contributed by atoms with Gasteiger partial charge in [-0.3, -0.25) is 4.79 Å². The Hall–Kier alpha value is -3.13. The van der Waals surface area contributed by atoms with Gasteiger partial charge in [0.05, 0.1) is 26.5 Å². The van der Waals surface area contributed by atoms with Crippen molar-refractivity contribution in [3.05, 3.63) is 47.4 Å². The molecule has 0 N–H and O–H groups in total. The van der Waals surface area contributed by atoms with Crippen molar-refractivity contribution in [2.45, 2.75) is 32.1 Å². The van der Waals surface area contributed by atoms with Crippen molar-refractivity contribution in [2.24, 2.45) is 0 Å². The van der Waals surface area contributed by atoms with Gasteiger partial charge in [0, 0.05) is 29.5 Å². The van der Waals surface area contributed by atoms with Gasteiger partial charge in [0.25, 0.3) is 0 Å². The third-order valence-corrected chi connectivity index (χ3v) is 6.17. The SMILES string of the molecule is COc1cc(C(C)=O)cc(OC)c1OCCCN1CCC(c2noc3cc(F)ccc23)CC1. The van der Waals surface area contributed by atoms with E-state index in [1.807, 2.05) is 0 Å². The number of Topliss-reactive ketones (excluding diaryl/α,β-unsaturated/α-hetero) is 1. The van der Waals surface area contributed by atoms with Gasteiger partial charge in [-0.2, -0.15) is 0 Å². The van der Waals surface area contributed by atoms with E-state index in [0.717, 1.165) is 50.0 Å². The van der Waals surface area contributed by atoms with Crippen LogP contribution in [0, 0.1) is 5.82 Å². The lowest BCUT2D eigenvalue weighted by Gasteiger charge is -2.31. The number of ether oxygens (including phenoxy) is 3. The van der Waals surface area contributed by atoms with Gasteiger partial charge < -0.3 is 23.6 Å². The summed E-state index contributed by atoms with van der Waals surface area (Å²) in [7, 11) is 3.09. The lowest BCUT2D eigenvalue weighted by molar-refractivity contribution is 0.101. The lowest BCUT2D eigenvalue weighted by Crippen LogP contribution is -2.34. The number of halogens is 1. The maximum atomic E-state index is 13.4. The number of carbonyl (C=O) groups is 1. The van der Waals surface area contributed by atoms with Crippen molar-refractivity contribution in [3.8, 4) is 17.2 Å². The molecule has 0 aliphatic carbocycles. The number of aromatic nitrogens is 1. The number of methoxy groups -OCH3 is 2. The Morgan fingerprint density at radius 1 is 1.15 bits per heavy atom. The Labute approximate surface area is 192 Å². The van der Waals surface area contributed by atoms with Gasteiger partial charge in [0.15, 0.2) is 22.9 Å².